The van der Waals surface area contributed by atoms with Crippen molar-refractivity contribution in [3.05, 3.63) is 102 Å². The van der Waals surface area contributed by atoms with Gasteiger partial charge >= 0.3 is 0 Å². The highest BCUT2D eigenvalue weighted by atomic mass is 32.2. The molecule has 1 heterocycles. The third kappa shape index (κ3) is 7.56. The topological polar surface area (TPSA) is 60.9 Å². The molecule has 39 heavy (non-hydrogen) atoms. The number of carbonyl (C=O) groups is 1. The van der Waals surface area contributed by atoms with Gasteiger partial charge in [0.15, 0.2) is 0 Å². The maximum atomic E-state index is 13.2. The molecular weight excluding hydrogens is 506 g/mol. The molecule has 0 saturated carbocycles. The van der Waals surface area contributed by atoms with E-state index >= 15 is 0 Å². The van der Waals surface area contributed by atoms with Gasteiger partial charge in [-0.25, -0.2) is 12.7 Å². The van der Waals surface area contributed by atoms with Crippen LogP contribution in [0.4, 0.5) is 0 Å². The van der Waals surface area contributed by atoms with Crippen LogP contribution in [0.15, 0.2) is 95.9 Å². The molecule has 1 atom stereocenters. The molecule has 0 unspecified atom stereocenters. The number of sulfonamides is 1. The summed E-state index contributed by atoms with van der Waals surface area (Å²) in [5.74, 6) is 0.214. The van der Waals surface area contributed by atoms with E-state index < -0.39 is 10.0 Å². The molecule has 1 aliphatic rings. The van der Waals surface area contributed by atoms with E-state index in [0.29, 0.717) is 11.4 Å². The fraction of sp³-hybridized carbons (Fsp3) is 0.406. The minimum atomic E-state index is -3.56. The third-order valence-corrected chi connectivity index (χ3v) is 9.58. The van der Waals surface area contributed by atoms with E-state index in [1.165, 1.54) is 4.31 Å². The first-order valence-corrected chi connectivity index (χ1v) is 15.5. The number of rotatable bonds is 12. The van der Waals surface area contributed by atoms with Crippen molar-refractivity contribution < 1.29 is 13.2 Å². The molecule has 6 nitrogen and oxygen atoms in total. The van der Waals surface area contributed by atoms with Crippen molar-refractivity contribution in [3.63, 3.8) is 0 Å². The number of likely N-dealkylation sites (N-methyl/N-ethyl adjacent to an activating group) is 1. The number of amides is 1. The van der Waals surface area contributed by atoms with Crippen molar-refractivity contribution in [2.75, 3.05) is 39.8 Å². The molecule has 0 aromatic heterocycles. The quantitative estimate of drug-likeness (QED) is 0.301. The average molecular weight is 548 g/mol. The summed E-state index contributed by atoms with van der Waals surface area (Å²) in [6.07, 6.45) is 3.72. The number of hydrogen-bond acceptors (Lipinski definition) is 4. The summed E-state index contributed by atoms with van der Waals surface area (Å²) >= 11 is 0. The molecule has 0 N–H and O–H groups in total. The van der Waals surface area contributed by atoms with Crippen LogP contribution in [-0.2, 0) is 10.0 Å². The minimum Gasteiger partial charge on any atom is -0.336 e. The zero-order chi connectivity index (χ0) is 27.7. The van der Waals surface area contributed by atoms with Crippen molar-refractivity contribution in [2.24, 2.45) is 0 Å². The standard InChI is InChI=1S/C32H41N3O3S/c1-3-22-35(32(36)28-15-9-5-10-16-28)30-20-24-34(25-21-30)23-19-29(27-13-7-4-8-14-27)26-33(2)39(37,38)31-17-11-6-12-18-31/h4-18,29-30H,3,19-26H2,1-2H3/t29-/m0/s1. The van der Waals surface area contributed by atoms with E-state index in [4.69, 9.17) is 0 Å². The predicted molar refractivity (Wildman–Crippen MR) is 157 cm³/mol. The molecule has 1 fully saturated rings. The molecule has 3 aromatic rings. The van der Waals surface area contributed by atoms with Crippen LogP contribution in [-0.4, -0.2) is 74.2 Å². The minimum absolute atomic E-state index is 0.0867. The molecule has 3 aromatic carbocycles. The molecule has 0 radical (unpaired) electrons. The van der Waals surface area contributed by atoms with Gasteiger partial charge in [-0.1, -0.05) is 73.7 Å². The van der Waals surface area contributed by atoms with Gasteiger partial charge in [-0.2, -0.15) is 0 Å². The van der Waals surface area contributed by atoms with E-state index in [1.807, 2.05) is 54.6 Å². The summed E-state index contributed by atoms with van der Waals surface area (Å²) in [5.41, 5.74) is 1.92. The lowest BCUT2D eigenvalue weighted by Crippen LogP contribution is -2.48. The lowest BCUT2D eigenvalue weighted by molar-refractivity contribution is 0.0569. The second kappa shape index (κ2) is 13.9. The molecule has 0 bridgehead atoms. The van der Waals surface area contributed by atoms with E-state index in [0.717, 1.165) is 63.0 Å². The Labute approximate surface area is 234 Å². The zero-order valence-electron chi connectivity index (χ0n) is 23.2. The first kappa shape index (κ1) is 29.0. The fourth-order valence-electron chi connectivity index (χ4n) is 5.50. The maximum Gasteiger partial charge on any atom is 0.254 e. The number of carbonyl (C=O) groups excluding carboxylic acids is 1. The summed E-state index contributed by atoms with van der Waals surface area (Å²) in [4.78, 5) is 18.1. The Balaban J connectivity index is 1.37. The molecule has 7 heteroatoms. The smallest absolute Gasteiger partial charge is 0.254 e. The Morgan fingerprint density at radius 2 is 1.46 bits per heavy atom. The van der Waals surface area contributed by atoms with Gasteiger partial charge in [0.05, 0.1) is 4.90 Å². The molecule has 208 valence electrons. The van der Waals surface area contributed by atoms with Crippen LogP contribution in [0, 0.1) is 0 Å². The maximum absolute atomic E-state index is 13.2. The number of hydrogen-bond donors (Lipinski definition) is 0. The Bertz CT molecular complexity index is 1260. The molecule has 1 amide bonds. The Hall–Kier alpha value is -3.00. The monoisotopic (exact) mass is 547 g/mol. The molecule has 0 aliphatic carbocycles. The highest BCUT2D eigenvalue weighted by Gasteiger charge is 2.29. The SMILES string of the molecule is CCCN(C(=O)c1ccccc1)C1CCN(CC[C@@H](CN(C)S(=O)(=O)c2ccccc2)c2ccccc2)CC1. The van der Waals surface area contributed by atoms with Crippen molar-refractivity contribution in [1.82, 2.24) is 14.1 Å². The fourth-order valence-corrected chi connectivity index (χ4v) is 6.74. The van der Waals surface area contributed by atoms with E-state index in [2.05, 4.69) is 28.9 Å². The van der Waals surface area contributed by atoms with Gasteiger partial charge in [0.2, 0.25) is 10.0 Å². The highest BCUT2D eigenvalue weighted by molar-refractivity contribution is 7.89. The van der Waals surface area contributed by atoms with E-state index in [-0.39, 0.29) is 17.9 Å². The van der Waals surface area contributed by atoms with Gasteiger partial charge in [0.25, 0.3) is 5.91 Å². The molecule has 1 aliphatic heterocycles. The molecule has 4 rings (SSSR count). The summed E-state index contributed by atoms with van der Waals surface area (Å²) < 4.78 is 27.9. The van der Waals surface area contributed by atoms with Gasteiger partial charge in [0, 0.05) is 44.8 Å². The summed E-state index contributed by atoms with van der Waals surface area (Å²) in [5, 5.41) is 0. The van der Waals surface area contributed by atoms with Crippen LogP contribution in [0.3, 0.4) is 0 Å². The summed E-state index contributed by atoms with van der Waals surface area (Å²) in [6.45, 7) is 6.09. The predicted octanol–water partition coefficient (Wildman–Crippen LogP) is 5.50. The molecule has 0 spiro atoms. The Morgan fingerprint density at radius 1 is 0.897 bits per heavy atom. The lowest BCUT2D eigenvalue weighted by atomic mass is 9.94. The van der Waals surface area contributed by atoms with Gasteiger partial charge in [-0.15, -0.1) is 0 Å². The van der Waals surface area contributed by atoms with Crippen LogP contribution in [0.25, 0.3) is 0 Å². The first-order chi connectivity index (χ1) is 18.9. The van der Waals surface area contributed by atoms with Crippen LogP contribution in [0.5, 0.6) is 0 Å². The first-order valence-electron chi connectivity index (χ1n) is 14.0. The number of piperidine rings is 1. The second-order valence-electron chi connectivity index (χ2n) is 10.4. The van der Waals surface area contributed by atoms with Gasteiger partial charge in [-0.05, 0) is 68.0 Å². The average Bonchev–Trinajstić information content (AvgIpc) is 2.99. The Morgan fingerprint density at radius 3 is 2.05 bits per heavy atom. The van der Waals surface area contributed by atoms with E-state index in [1.54, 1.807) is 31.3 Å². The van der Waals surface area contributed by atoms with Crippen molar-refractivity contribution in [2.45, 2.75) is 49.5 Å². The van der Waals surface area contributed by atoms with Crippen molar-refractivity contribution in [1.29, 1.82) is 0 Å². The van der Waals surface area contributed by atoms with Gasteiger partial charge < -0.3 is 9.80 Å². The van der Waals surface area contributed by atoms with Crippen LogP contribution in [0.1, 0.15) is 54.4 Å². The van der Waals surface area contributed by atoms with E-state index in [9.17, 15) is 13.2 Å². The highest BCUT2D eigenvalue weighted by Crippen LogP contribution is 2.26. The number of nitrogens with zero attached hydrogens (tertiary/aromatic N) is 3. The van der Waals surface area contributed by atoms with Gasteiger partial charge in [0.1, 0.15) is 0 Å². The van der Waals surface area contributed by atoms with Crippen molar-refractivity contribution >= 4 is 15.9 Å². The lowest BCUT2D eigenvalue weighted by Gasteiger charge is -2.39. The Kier molecular flexibility index (Phi) is 10.3. The zero-order valence-corrected chi connectivity index (χ0v) is 24.0. The third-order valence-electron chi connectivity index (χ3n) is 7.74. The summed E-state index contributed by atoms with van der Waals surface area (Å²) in [6, 6.07) is 28.7. The largest absolute Gasteiger partial charge is 0.336 e. The van der Waals surface area contributed by atoms with Crippen LogP contribution < -0.4 is 0 Å². The normalized spacial score (nSPS) is 15.8. The van der Waals surface area contributed by atoms with Crippen molar-refractivity contribution in [3.8, 4) is 0 Å². The number of likely N-dealkylation sites (tertiary alicyclic amines) is 1. The molecular formula is C32H41N3O3S. The summed E-state index contributed by atoms with van der Waals surface area (Å²) in [7, 11) is -1.88. The number of benzene rings is 3. The second-order valence-corrected chi connectivity index (χ2v) is 12.5. The van der Waals surface area contributed by atoms with Gasteiger partial charge in [-0.3, -0.25) is 4.79 Å². The van der Waals surface area contributed by atoms with Crippen LogP contribution in [0.2, 0.25) is 0 Å². The molecule has 1 saturated heterocycles. The van der Waals surface area contributed by atoms with Crippen LogP contribution >= 0.6 is 0 Å².